The van der Waals surface area contributed by atoms with E-state index in [9.17, 15) is 9.90 Å². The van der Waals surface area contributed by atoms with Crippen LogP contribution in [0.15, 0.2) is 30.3 Å². The highest BCUT2D eigenvalue weighted by atomic mass is 16.4. The second-order valence-electron chi connectivity index (χ2n) is 7.82. The van der Waals surface area contributed by atoms with Crippen LogP contribution in [0.25, 0.3) is 10.8 Å². The number of phenols is 1. The number of carbonyl (C=O) groups is 1. The molecular formula is C19H24O3. The van der Waals surface area contributed by atoms with Gasteiger partial charge in [0.05, 0.1) is 0 Å². The second-order valence-corrected chi connectivity index (χ2v) is 7.82. The van der Waals surface area contributed by atoms with Crippen LogP contribution in [-0.4, -0.2) is 16.2 Å². The van der Waals surface area contributed by atoms with Crippen LogP contribution < -0.4 is 0 Å². The maximum absolute atomic E-state index is 11.2. The third kappa shape index (κ3) is 3.24. The Balaban J connectivity index is 2.58. The molecule has 0 amide bonds. The lowest BCUT2D eigenvalue weighted by Crippen LogP contribution is -2.24. The van der Waals surface area contributed by atoms with Gasteiger partial charge >= 0.3 is 5.97 Å². The summed E-state index contributed by atoms with van der Waals surface area (Å²) in [7, 11) is 0. The molecule has 0 aromatic heterocycles. The Kier molecular flexibility index (Phi) is 3.94. The Morgan fingerprint density at radius 1 is 1.05 bits per heavy atom. The number of rotatable bonds is 3. The molecule has 2 aromatic rings. The van der Waals surface area contributed by atoms with Crippen molar-refractivity contribution < 1.29 is 15.0 Å². The van der Waals surface area contributed by atoms with Crippen molar-refractivity contribution in [3.63, 3.8) is 0 Å². The quantitative estimate of drug-likeness (QED) is 0.842. The summed E-state index contributed by atoms with van der Waals surface area (Å²) in [6.45, 7) is 11.0. The van der Waals surface area contributed by atoms with Crippen molar-refractivity contribution in [3.05, 3.63) is 41.5 Å². The third-order valence-electron chi connectivity index (χ3n) is 3.98. The van der Waals surface area contributed by atoms with Gasteiger partial charge in [-0.1, -0.05) is 52.8 Å². The normalized spacial score (nSPS) is 12.6. The zero-order valence-electron chi connectivity index (χ0n) is 13.9. The first-order chi connectivity index (χ1) is 10.0. The molecule has 0 aliphatic rings. The minimum atomic E-state index is -1.11. The Labute approximate surface area is 131 Å². The minimum absolute atomic E-state index is 0.0572. The first-order valence-corrected chi connectivity index (χ1v) is 7.51. The van der Waals surface area contributed by atoms with Crippen LogP contribution in [0.1, 0.15) is 57.0 Å². The summed E-state index contributed by atoms with van der Waals surface area (Å²) < 4.78 is 0. The number of fused-ring (bicyclic) bond motifs is 1. The molecule has 0 heterocycles. The van der Waals surface area contributed by atoms with Gasteiger partial charge in [0.25, 0.3) is 0 Å². The number of aromatic carboxylic acids is 1. The van der Waals surface area contributed by atoms with Gasteiger partial charge in [0, 0.05) is 5.39 Å². The van der Waals surface area contributed by atoms with Crippen molar-refractivity contribution in [3.8, 4) is 5.75 Å². The number of aromatic hydroxyl groups is 1. The zero-order chi connectivity index (χ0) is 16.7. The van der Waals surface area contributed by atoms with Gasteiger partial charge in [-0.05, 0) is 40.3 Å². The summed E-state index contributed by atoms with van der Waals surface area (Å²) in [5, 5.41) is 20.9. The van der Waals surface area contributed by atoms with Gasteiger partial charge in [0.2, 0.25) is 0 Å². The maximum Gasteiger partial charge on any atom is 0.339 e. The summed E-state index contributed by atoms with van der Waals surface area (Å²) >= 11 is 0. The van der Waals surface area contributed by atoms with Crippen LogP contribution >= 0.6 is 0 Å². The van der Waals surface area contributed by atoms with Crippen LogP contribution in [-0.2, 0) is 5.41 Å². The predicted molar refractivity (Wildman–Crippen MR) is 89.7 cm³/mol. The van der Waals surface area contributed by atoms with Crippen molar-refractivity contribution in [1.29, 1.82) is 0 Å². The van der Waals surface area contributed by atoms with Gasteiger partial charge in [-0.15, -0.1) is 0 Å². The van der Waals surface area contributed by atoms with E-state index in [0.29, 0.717) is 5.39 Å². The molecule has 22 heavy (non-hydrogen) atoms. The molecule has 2 aromatic carbocycles. The number of hydrogen-bond acceptors (Lipinski definition) is 2. The zero-order valence-corrected chi connectivity index (χ0v) is 13.9. The van der Waals surface area contributed by atoms with Gasteiger partial charge in [-0.3, -0.25) is 0 Å². The standard InChI is InChI=1S/C19H24O3/c1-18(2,3)11-19(4,5)13-8-6-12-7-9-14(17(21)22)16(20)15(12)10-13/h6-10,20H,11H2,1-5H3,(H,21,22). The van der Waals surface area contributed by atoms with Crippen molar-refractivity contribution in [2.24, 2.45) is 5.41 Å². The SMILES string of the molecule is CC(C)(C)CC(C)(C)c1ccc2ccc(C(=O)O)c(O)c2c1. The van der Waals surface area contributed by atoms with E-state index >= 15 is 0 Å². The van der Waals surface area contributed by atoms with E-state index in [1.54, 1.807) is 6.07 Å². The van der Waals surface area contributed by atoms with Crippen molar-refractivity contribution in [2.75, 3.05) is 0 Å². The van der Waals surface area contributed by atoms with Crippen molar-refractivity contribution in [1.82, 2.24) is 0 Å². The molecule has 2 rings (SSSR count). The van der Waals surface area contributed by atoms with E-state index in [1.165, 1.54) is 6.07 Å². The highest BCUT2D eigenvalue weighted by molar-refractivity contribution is 6.00. The topological polar surface area (TPSA) is 57.5 Å². The van der Waals surface area contributed by atoms with E-state index in [4.69, 9.17) is 5.11 Å². The lowest BCUT2D eigenvalue weighted by Gasteiger charge is -2.33. The first-order valence-electron chi connectivity index (χ1n) is 7.51. The van der Waals surface area contributed by atoms with Crippen LogP contribution in [0, 0.1) is 5.41 Å². The summed E-state index contributed by atoms with van der Waals surface area (Å²) in [5.74, 6) is -1.27. The molecule has 0 atom stereocenters. The molecule has 0 saturated heterocycles. The summed E-state index contributed by atoms with van der Waals surface area (Å²) in [6, 6.07) is 9.11. The third-order valence-corrected chi connectivity index (χ3v) is 3.98. The Morgan fingerprint density at radius 3 is 2.18 bits per heavy atom. The highest BCUT2D eigenvalue weighted by Gasteiger charge is 2.27. The molecule has 0 spiro atoms. The maximum atomic E-state index is 11.2. The van der Waals surface area contributed by atoms with E-state index < -0.39 is 5.97 Å². The molecule has 118 valence electrons. The fourth-order valence-corrected chi connectivity index (χ4v) is 3.33. The van der Waals surface area contributed by atoms with Gasteiger partial charge < -0.3 is 10.2 Å². The molecule has 0 bridgehead atoms. The summed E-state index contributed by atoms with van der Waals surface area (Å²) in [5.41, 5.74) is 1.17. The van der Waals surface area contributed by atoms with Crippen LogP contribution in [0.3, 0.4) is 0 Å². The van der Waals surface area contributed by atoms with E-state index in [1.807, 2.05) is 12.1 Å². The van der Waals surface area contributed by atoms with Crippen molar-refractivity contribution >= 4 is 16.7 Å². The average Bonchev–Trinajstić information content (AvgIpc) is 2.35. The van der Waals surface area contributed by atoms with Crippen LogP contribution in [0.2, 0.25) is 0 Å². The largest absolute Gasteiger partial charge is 0.506 e. The summed E-state index contributed by atoms with van der Waals surface area (Å²) in [4.78, 5) is 11.2. The summed E-state index contributed by atoms with van der Waals surface area (Å²) in [6.07, 6.45) is 0.991. The van der Waals surface area contributed by atoms with Crippen LogP contribution in [0.4, 0.5) is 0 Å². The predicted octanol–water partition coefficient (Wildman–Crippen LogP) is 4.96. The average molecular weight is 300 g/mol. The molecule has 0 aliphatic carbocycles. The van der Waals surface area contributed by atoms with Gasteiger partial charge in [-0.2, -0.15) is 0 Å². The van der Waals surface area contributed by atoms with Gasteiger partial charge in [-0.25, -0.2) is 4.79 Å². The highest BCUT2D eigenvalue weighted by Crippen LogP contribution is 2.39. The lowest BCUT2D eigenvalue weighted by molar-refractivity contribution is 0.0694. The Morgan fingerprint density at radius 2 is 1.64 bits per heavy atom. The Hall–Kier alpha value is -2.03. The lowest BCUT2D eigenvalue weighted by atomic mass is 9.72. The van der Waals surface area contributed by atoms with E-state index in [2.05, 4.69) is 40.7 Å². The van der Waals surface area contributed by atoms with Crippen molar-refractivity contribution in [2.45, 2.75) is 46.5 Å². The molecule has 0 fully saturated rings. The molecule has 2 N–H and O–H groups in total. The minimum Gasteiger partial charge on any atom is -0.506 e. The molecular weight excluding hydrogens is 276 g/mol. The fraction of sp³-hybridized carbons (Fsp3) is 0.421. The monoisotopic (exact) mass is 300 g/mol. The number of carboxylic acid groups (broad SMARTS) is 1. The first kappa shape index (κ1) is 16.3. The molecule has 0 radical (unpaired) electrons. The van der Waals surface area contributed by atoms with E-state index in [0.717, 1.165) is 17.4 Å². The molecule has 3 nitrogen and oxygen atoms in total. The second kappa shape index (κ2) is 5.31. The Bertz CT molecular complexity index is 721. The molecule has 0 aliphatic heterocycles. The van der Waals surface area contributed by atoms with E-state index in [-0.39, 0.29) is 22.1 Å². The van der Waals surface area contributed by atoms with Crippen LogP contribution in [0.5, 0.6) is 5.75 Å². The number of hydrogen-bond donors (Lipinski definition) is 2. The smallest absolute Gasteiger partial charge is 0.339 e. The molecule has 3 heteroatoms. The molecule has 0 saturated carbocycles. The fourth-order valence-electron chi connectivity index (χ4n) is 3.33. The number of benzene rings is 2. The molecule has 0 unspecified atom stereocenters. The number of carboxylic acids is 1. The van der Waals surface area contributed by atoms with Gasteiger partial charge in [0.15, 0.2) is 0 Å². The van der Waals surface area contributed by atoms with Gasteiger partial charge in [0.1, 0.15) is 11.3 Å².